The summed E-state index contributed by atoms with van der Waals surface area (Å²) < 4.78 is 0. The Morgan fingerprint density at radius 2 is 1.81 bits per heavy atom. The molecule has 1 unspecified atom stereocenters. The number of Topliss-reactive ketones (excluding diaryl/α,β-unsaturated/α-hetero) is 1. The molecule has 1 aromatic rings. The highest BCUT2D eigenvalue weighted by atomic mass is 16.2. The van der Waals surface area contributed by atoms with Crippen LogP contribution in [0, 0.1) is 10.8 Å². The van der Waals surface area contributed by atoms with Gasteiger partial charge < -0.3 is 4.90 Å². The van der Waals surface area contributed by atoms with Gasteiger partial charge in [0.1, 0.15) is 5.41 Å². The lowest BCUT2D eigenvalue weighted by Gasteiger charge is -2.51. The first-order valence-electron chi connectivity index (χ1n) is 7.43. The molecule has 3 nitrogen and oxygen atoms in total. The molecular formula is C18H21NO2. The number of benzene rings is 1. The Balaban J connectivity index is 2.28. The summed E-state index contributed by atoms with van der Waals surface area (Å²) in [7, 11) is 1.78. The zero-order valence-electron chi connectivity index (χ0n) is 13.1. The highest BCUT2D eigenvalue weighted by Crippen LogP contribution is 2.56. The number of anilines is 1. The van der Waals surface area contributed by atoms with Gasteiger partial charge in [0.2, 0.25) is 5.91 Å². The first-order chi connectivity index (χ1) is 9.84. The average Bonchev–Trinajstić information content (AvgIpc) is 2.47. The van der Waals surface area contributed by atoms with Crippen molar-refractivity contribution in [1.29, 1.82) is 0 Å². The van der Waals surface area contributed by atoms with Crippen molar-refractivity contribution in [2.75, 3.05) is 11.9 Å². The van der Waals surface area contributed by atoms with Gasteiger partial charge in [-0.2, -0.15) is 0 Å². The van der Waals surface area contributed by atoms with Gasteiger partial charge in [-0.25, -0.2) is 0 Å². The van der Waals surface area contributed by atoms with Crippen molar-refractivity contribution in [3.8, 4) is 0 Å². The van der Waals surface area contributed by atoms with Crippen LogP contribution in [0.4, 0.5) is 5.69 Å². The molecule has 1 aromatic carbocycles. The third kappa shape index (κ3) is 1.55. The summed E-state index contributed by atoms with van der Waals surface area (Å²) in [6.45, 7) is 6.08. The third-order valence-corrected chi connectivity index (χ3v) is 5.59. The number of allylic oxidation sites excluding steroid dienone is 2. The number of nitrogens with zero attached hydrogens (tertiary/aromatic N) is 1. The first-order valence-corrected chi connectivity index (χ1v) is 7.43. The van der Waals surface area contributed by atoms with Crippen molar-refractivity contribution in [2.24, 2.45) is 10.8 Å². The summed E-state index contributed by atoms with van der Waals surface area (Å²) in [5, 5.41) is 0. The van der Waals surface area contributed by atoms with Gasteiger partial charge in [0.05, 0.1) is 5.69 Å². The number of carbonyl (C=O) groups is 2. The summed E-state index contributed by atoms with van der Waals surface area (Å²) in [5.74, 6) is -0.0812. The Morgan fingerprint density at radius 1 is 1.14 bits per heavy atom. The molecule has 0 fully saturated rings. The topological polar surface area (TPSA) is 37.4 Å². The summed E-state index contributed by atoms with van der Waals surface area (Å²) in [6, 6.07) is 7.42. The largest absolute Gasteiger partial charge is 0.314 e. The molecule has 1 heterocycles. The van der Waals surface area contributed by atoms with Crippen LogP contribution in [0.3, 0.4) is 0 Å². The molecular weight excluding hydrogens is 262 g/mol. The van der Waals surface area contributed by atoms with Crippen molar-refractivity contribution in [3.05, 3.63) is 41.5 Å². The molecule has 21 heavy (non-hydrogen) atoms. The van der Waals surface area contributed by atoms with E-state index in [1.54, 1.807) is 11.9 Å². The molecule has 3 heteroatoms. The predicted molar refractivity (Wildman–Crippen MR) is 83.4 cm³/mol. The molecule has 1 aliphatic heterocycles. The zero-order valence-corrected chi connectivity index (χ0v) is 13.1. The zero-order chi connectivity index (χ0) is 15.4. The molecule has 1 amide bonds. The predicted octanol–water partition coefficient (Wildman–Crippen LogP) is 3.60. The summed E-state index contributed by atoms with van der Waals surface area (Å²) in [4.78, 5) is 28.0. The second-order valence-corrected chi connectivity index (χ2v) is 6.67. The maximum Gasteiger partial charge on any atom is 0.241 e. The van der Waals surface area contributed by atoms with Crippen molar-refractivity contribution in [2.45, 2.75) is 33.6 Å². The van der Waals surface area contributed by atoms with Gasteiger partial charge in [-0.15, -0.1) is 0 Å². The lowest BCUT2D eigenvalue weighted by molar-refractivity contribution is -0.131. The Hall–Kier alpha value is -1.90. The number of ketones is 1. The van der Waals surface area contributed by atoms with Crippen LogP contribution in [0.15, 0.2) is 35.9 Å². The Kier molecular flexibility index (Phi) is 2.88. The van der Waals surface area contributed by atoms with E-state index in [2.05, 4.69) is 6.08 Å². The molecule has 0 N–H and O–H groups in total. The minimum Gasteiger partial charge on any atom is -0.314 e. The molecule has 0 saturated heterocycles. The van der Waals surface area contributed by atoms with Crippen LogP contribution >= 0.6 is 0 Å². The number of carbonyl (C=O) groups excluding carboxylic acids is 2. The second-order valence-electron chi connectivity index (χ2n) is 6.67. The fourth-order valence-electron chi connectivity index (χ4n) is 3.86. The Labute approximate surface area is 125 Å². The van der Waals surface area contributed by atoms with Crippen molar-refractivity contribution >= 4 is 17.4 Å². The molecule has 0 aromatic heterocycles. The van der Waals surface area contributed by atoms with Crippen molar-refractivity contribution in [3.63, 3.8) is 0 Å². The van der Waals surface area contributed by atoms with E-state index < -0.39 is 10.8 Å². The van der Waals surface area contributed by atoms with Crippen LogP contribution in [-0.4, -0.2) is 18.7 Å². The standard InChI is InChI=1S/C18H21NO2/c1-12-8-7-11-18(17(12,2)3)15(20)13-9-5-6-10-14(13)19(4)16(18)21/h5-6,8-10H,7,11H2,1-4H3. The van der Waals surface area contributed by atoms with Gasteiger partial charge in [0.15, 0.2) is 5.78 Å². The molecule has 1 atom stereocenters. The number of rotatable bonds is 0. The molecule has 0 radical (unpaired) electrons. The van der Waals surface area contributed by atoms with Gasteiger partial charge >= 0.3 is 0 Å². The summed E-state index contributed by atoms with van der Waals surface area (Å²) in [5.41, 5.74) is 1.10. The van der Waals surface area contributed by atoms with Crippen LogP contribution in [0.25, 0.3) is 0 Å². The lowest BCUT2D eigenvalue weighted by atomic mass is 9.53. The Morgan fingerprint density at radius 3 is 2.52 bits per heavy atom. The number of fused-ring (bicyclic) bond motifs is 1. The van der Waals surface area contributed by atoms with E-state index in [1.165, 1.54) is 0 Å². The van der Waals surface area contributed by atoms with E-state index in [-0.39, 0.29) is 11.7 Å². The van der Waals surface area contributed by atoms with E-state index in [9.17, 15) is 9.59 Å². The minimum atomic E-state index is -0.963. The maximum atomic E-state index is 13.2. The lowest BCUT2D eigenvalue weighted by Crippen LogP contribution is -2.60. The molecule has 1 spiro atoms. The van der Waals surface area contributed by atoms with Gasteiger partial charge in [-0.05, 0) is 31.9 Å². The fourth-order valence-corrected chi connectivity index (χ4v) is 3.86. The molecule has 0 bridgehead atoms. The summed E-state index contributed by atoms with van der Waals surface area (Å²) >= 11 is 0. The van der Waals surface area contributed by atoms with Crippen LogP contribution < -0.4 is 4.90 Å². The van der Waals surface area contributed by atoms with E-state index in [0.29, 0.717) is 12.0 Å². The second kappa shape index (κ2) is 4.30. The quantitative estimate of drug-likeness (QED) is 0.539. The van der Waals surface area contributed by atoms with Crippen LogP contribution in [0.1, 0.15) is 44.0 Å². The number of hydrogen-bond donors (Lipinski definition) is 0. The van der Waals surface area contributed by atoms with Gasteiger partial charge in [-0.3, -0.25) is 9.59 Å². The van der Waals surface area contributed by atoms with E-state index in [0.717, 1.165) is 17.7 Å². The van der Waals surface area contributed by atoms with E-state index in [4.69, 9.17) is 0 Å². The van der Waals surface area contributed by atoms with Crippen molar-refractivity contribution in [1.82, 2.24) is 0 Å². The monoisotopic (exact) mass is 283 g/mol. The molecule has 0 saturated carbocycles. The highest BCUT2D eigenvalue weighted by molar-refractivity contribution is 6.25. The fraction of sp³-hybridized carbons (Fsp3) is 0.444. The minimum absolute atomic E-state index is 0.0151. The van der Waals surface area contributed by atoms with Gasteiger partial charge in [0, 0.05) is 18.0 Å². The number of para-hydroxylation sites is 1. The smallest absolute Gasteiger partial charge is 0.241 e. The normalized spacial score (nSPS) is 27.6. The Bertz CT molecular complexity index is 672. The van der Waals surface area contributed by atoms with Crippen LogP contribution in [0.5, 0.6) is 0 Å². The van der Waals surface area contributed by atoms with Crippen LogP contribution in [-0.2, 0) is 4.79 Å². The van der Waals surface area contributed by atoms with E-state index in [1.807, 2.05) is 45.0 Å². The third-order valence-electron chi connectivity index (χ3n) is 5.59. The SMILES string of the molecule is CC1=CCCC2(C(=O)c3ccccc3N(C)C2=O)C1(C)C. The molecule has 3 rings (SSSR count). The van der Waals surface area contributed by atoms with Crippen molar-refractivity contribution < 1.29 is 9.59 Å². The van der Waals surface area contributed by atoms with Crippen LogP contribution in [0.2, 0.25) is 0 Å². The van der Waals surface area contributed by atoms with E-state index >= 15 is 0 Å². The average molecular weight is 283 g/mol. The molecule has 110 valence electrons. The first kappa shape index (κ1) is 14.1. The maximum absolute atomic E-state index is 13.2. The number of amides is 1. The number of hydrogen-bond acceptors (Lipinski definition) is 2. The van der Waals surface area contributed by atoms with Gasteiger partial charge in [-0.1, -0.05) is 37.6 Å². The molecule has 2 aliphatic rings. The highest BCUT2D eigenvalue weighted by Gasteiger charge is 2.61. The molecule has 1 aliphatic carbocycles. The van der Waals surface area contributed by atoms with Gasteiger partial charge in [0.25, 0.3) is 0 Å². The summed E-state index contributed by atoms with van der Waals surface area (Å²) in [6.07, 6.45) is 3.53.